The average molecular weight is 372 g/mol. The molecule has 0 unspecified atom stereocenters. The zero-order chi connectivity index (χ0) is 19.5. The Morgan fingerprint density at radius 3 is 2.50 bits per heavy atom. The van der Waals surface area contributed by atoms with Gasteiger partial charge in [-0.05, 0) is 37.3 Å². The summed E-state index contributed by atoms with van der Waals surface area (Å²) in [5, 5.41) is 18.3. The van der Waals surface area contributed by atoms with Gasteiger partial charge in [-0.25, -0.2) is 14.6 Å². The van der Waals surface area contributed by atoms with Gasteiger partial charge in [0, 0.05) is 29.6 Å². The van der Waals surface area contributed by atoms with Gasteiger partial charge in [-0.1, -0.05) is 18.2 Å². The SMILES string of the molecule is Cc1c(-c2ccnc(Nc3ccc([N+](=O)[O-])cc3)n2)cnn1-c1ccccc1. The summed E-state index contributed by atoms with van der Waals surface area (Å²) in [7, 11) is 0. The largest absolute Gasteiger partial charge is 0.324 e. The minimum Gasteiger partial charge on any atom is -0.324 e. The second kappa shape index (κ2) is 7.28. The lowest BCUT2D eigenvalue weighted by molar-refractivity contribution is -0.384. The predicted molar refractivity (Wildman–Crippen MR) is 106 cm³/mol. The van der Waals surface area contributed by atoms with Crippen molar-refractivity contribution in [3.05, 3.63) is 88.9 Å². The van der Waals surface area contributed by atoms with Gasteiger partial charge in [0.05, 0.1) is 28.2 Å². The first-order valence-electron chi connectivity index (χ1n) is 8.57. The number of nitrogens with zero attached hydrogens (tertiary/aromatic N) is 5. The molecule has 0 atom stereocenters. The molecule has 0 spiro atoms. The van der Waals surface area contributed by atoms with Crippen LogP contribution in [0.1, 0.15) is 5.69 Å². The lowest BCUT2D eigenvalue weighted by Gasteiger charge is -2.07. The Morgan fingerprint density at radius 1 is 1.04 bits per heavy atom. The summed E-state index contributed by atoms with van der Waals surface area (Å²) in [6.07, 6.45) is 3.44. The number of para-hydroxylation sites is 1. The molecule has 4 aromatic rings. The van der Waals surface area contributed by atoms with E-state index in [4.69, 9.17) is 0 Å². The van der Waals surface area contributed by atoms with Crippen molar-refractivity contribution in [2.24, 2.45) is 0 Å². The molecule has 0 aliphatic carbocycles. The normalized spacial score (nSPS) is 10.6. The van der Waals surface area contributed by atoms with Crippen LogP contribution in [0.25, 0.3) is 16.9 Å². The monoisotopic (exact) mass is 372 g/mol. The Morgan fingerprint density at radius 2 is 1.79 bits per heavy atom. The Balaban J connectivity index is 1.61. The van der Waals surface area contributed by atoms with Crippen LogP contribution in [0.3, 0.4) is 0 Å². The number of nitrogens with one attached hydrogen (secondary N) is 1. The molecule has 0 radical (unpaired) electrons. The standard InChI is InChI=1S/C20H16N6O2/c1-14-18(13-22-25(14)16-5-3-2-4-6-16)19-11-12-21-20(24-19)23-15-7-9-17(10-8-15)26(27)28/h2-13H,1H3,(H,21,23,24). The fourth-order valence-electron chi connectivity index (χ4n) is 2.86. The van der Waals surface area contributed by atoms with Crippen LogP contribution >= 0.6 is 0 Å². The van der Waals surface area contributed by atoms with Gasteiger partial charge < -0.3 is 5.32 Å². The Bertz CT molecular complexity index is 1120. The molecule has 0 fully saturated rings. The van der Waals surface area contributed by atoms with Gasteiger partial charge in [0.1, 0.15) is 0 Å². The van der Waals surface area contributed by atoms with E-state index < -0.39 is 4.92 Å². The van der Waals surface area contributed by atoms with Gasteiger partial charge in [-0.15, -0.1) is 0 Å². The maximum Gasteiger partial charge on any atom is 0.269 e. The van der Waals surface area contributed by atoms with E-state index in [1.807, 2.05) is 48.0 Å². The molecule has 28 heavy (non-hydrogen) atoms. The quantitative estimate of drug-likeness (QED) is 0.414. The Kier molecular flexibility index (Phi) is 4.51. The number of rotatable bonds is 5. The summed E-state index contributed by atoms with van der Waals surface area (Å²) >= 11 is 0. The van der Waals surface area contributed by atoms with Gasteiger partial charge in [0.2, 0.25) is 5.95 Å². The van der Waals surface area contributed by atoms with Gasteiger partial charge in [0.15, 0.2) is 0 Å². The van der Waals surface area contributed by atoms with Crippen molar-refractivity contribution < 1.29 is 4.92 Å². The van der Waals surface area contributed by atoms with E-state index in [0.717, 1.165) is 22.6 Å². The van der Waals surface area contributed by atoms with E-state index in [2.05, 4.69) is 20.4 Å². The summed E-state index contributed by atoms with van der Waals surface area (Å²) in [4.78, 5) is 19.1. The predicted octanol–water partition coefficient (Wildman–Crippen LogP) is 4.29. The Hall–Kier alpha value is -4.07. The molecule has 2 aromatic heterocycles. The van der Waals surface area contributed by atoms with Crippen molar-refractivity contribution in [2.45, 2.75) is 6.92 Å². The van der Waals surface area contributed by atoms with Crippen molar-refractivity contribution in [1.29, 1.82) is 0 Å². The summed E-state index contributed by atoms with van der Waals surface area (Å²) in [6.45, 7) is 1.99. The summed E-state index contributed by atoms with van der Waals surface area (Å²) in [5.74, 6) is 0.401. The molecule has 8 nitrogen and oxygen atoms in total. The first-order chi connectivity index (χ1) is 13.6. The molecule has 0 aliphatic heterocycles. The molecular formula is C20H16N6O2. The molecule has 2 heterocycles. The first kappa shape index (κ1) is 17.3. The summed E-state index contributed by atoms with van der Waals surface area (Å²) in [6, 6.07) is 17.8. The van der Waals surface area contributed by atoms with Crippen LogP contribution in [0.5, 0.6) is 0 Å². The molecule has 0 saturated heterocycles. The molecule has 4 rings (SSSR count). The number of hydrogen-bond acceptors (Lipinski definition) is 6. The van der Waals surface area contributed by atoms with Crippen molar-refractivity contribution in [3.63, 3.8) is 0 Å². The van der Waals surface area contributed by atoms with Gasteiger partial charge in [-0.3, -0.25) is 10.1 Å². The van der Waals surface area contributed by atoms with E-state index in [1.165, 1.54) is 12.1 Å². The molecular weight excluding hydrogens is 356 g/mol. The Labute approximate surface area is 160 Å². The van der Waals surface area contributed by atoms with Crippen molar-refractivity contribution in [1.82, 2.24) is 19.7 Å². The third-order valence-electron chi connectivity index (χ3n) is 4.28. The van der Waals surface area contributed by atoms with Crippen LogP contribution in [0.2, 0.25) is 0 Å². The molecule has 0 saturated carbocycles. The summed E-state index contributed by atoms with van der Waals surface area (Å²) < 4.78 is 1.86. The fraction of sp³-hybridized carbons (Fsp3) is 0.0500. The number of nitro benzene ring substituents is 1. The highest BCUT2D eigenvalue weighted by atomic mass is 16.6. The molecule has 0 amide bonds. The van der Waals surface area contributed by atoms with Crippen LogP contribution < -0.4 is 5.32 Å². The molecule has 2 aromatic carbocycles. The van der Waals surface area contributed by atoms with E-state index in [0.29, 0.717) is 11.6 Å². The van der Waals surface area contributed by atoms with Crippen LogP contribution in [-0.2, 0) is 0 Å². The molecule has 0 bridgehead atoms. The van der Waals surface area contributed by atoms with E-state index in [-0.39, 0.29) is 5.69 Å². The lowest BCUT2D eigenvalue weighted by Crippen LogP contribution is -2.00. The third-order valence-corrected chi connectivity index (χ3v) is 4.28. The fourth-order valence-corrected chi connectivity index (χ4v) is 2.86. The second-order valence-corrected chi connectivity index (χ2v) is 6.09. The van der Waals surface area contributed by atoms with E-state index in [1.54, 1.807) is 24.5 Å². The average Bonchev–Trinajstić information content (AvgIpc) is 3.11. The summed E-state index contributed by atoms with van der Waals surface area (Å²) in [5.41, 5.74) is 4.27. The van der Waals surface area contributed by atoms with Crippen LogP contribution in [0, 0.1) is 17.0 Å². The number of aromatic nitrogens is 4. The van der Waals surface area contributed by atoms with Crippen molar-refractivity contribution in [2.75, 3.05) is 5.32 Å². The van der Waals surface area contributed by atoms with Gasteiger partial charge in [0.25, 0.3) is 5.69 Å². The number of non-ortho nitro benzene ring substituents is 1. The number of anilines is 2. The number of nitro groups is 1. The first-order valence-corrected chi connectivity index (χ1v) is 8.57. The smallest absolute Gasteiger partial charge is 0.269 e. The highest BCUT2D eigenvalue weighted by molar-refractivity contribution is 5.64. The van der Waals surface area contributed by atoms with E-state index in [9.17, 15) is 10.1 Å². The molecule has 0 aliphatic rings. The molecule has 138 valence electrons. The topological polar surface area (TPSA) is 98.8 Å². The maximum absolute atomic E-state index is 10.8. The lowest BCUT2D eigenvalue weighted by atomic mass is 10.2. The van der Waals surface area contributed by atoms with Crippen LogP contribution in [0.15, 0.2) is 73.1 Å². The maximum atomic E-state index is 10.8. The third kappa shape index (κ3) is 3.43. The molecule has 8 heteroatoms. The van der Waals surface area contributed by atoms with Gasteiger partial charge in [-0.2, -0.15) is 5.10 Å². The number of benzene rings is 2. The van der Waals surface area contributed by atoms with Crippen molar-refractivity contribution >= 4 is 17.3 Å². The van der Waals surface area contributed by atoms with Crippen LogP contribution in [-0.4, -0.2) is 24.7 Å². The van der Waals surface area contributed by atoms with E-state index >= 15 is 0 Å². The second-order valence-electron chi connectivity index (χ2n) is 6.09. The minimum absolute atomic E-state index is 0.0316. The zero-order valence-electron chi connectivity index (χ0n) is 15.0. The highest BCUT2D eigenvalue weighted by Gasteiger charge is 2.12. The minimum atomic E-state index is -0.436. The highest BCUT2D eigenvalue weighted by Crippen LogP contribution is 2.25. The molecule has 1 N–H and O–H groups in total. The number of hydrogen-bond donors (Lipinski definition) is 1. The zero-order valence-corrected chi connectivity index (χ0v) is 15.0. The van der Waals surface area contributed by atoms with Crippen molar-refractivity contribution in [3.8, 4) is 16.9 Å². The van der Waals surface area contributed by atoms with Crippen LogP contribution in [0.4, 0.5) is 17.3 Å². The van der Waals surface area contributed by atoms with Gasteiger partial charge >= 0.3 is 0 Å².